The second kappa shape index (κ2) is 12.7. The van der Waals surface area contributed by atoms with Crippen LogP contribution in [0, 0.1) is 0 Å². The van der Waals surface area contributed by atoms with Crippen LogP contribution in [-0.4, -0.2) is 15.0 Å². The molecule has 2 aromatic heterocycles. The van der Waals surface area contributed by atoms with Gasteiger partial charge in [-0.3, -0.25) is 0 Å². The third-order valence-corrected chi connectivity index (χ3v) is 12.7. The fourth-order valence-corrected chi connectivity index (χ4v) is 10.1. The van der Waals surface area contributed by atoms with Crippen LogP contribution in [0.5, 0.6) is 0 Å². The number of rotatable bonds is 5. The first-order valence-electron chi connectivity index (χ1n) is 19.1. The van der Waals surface area contributed by atoms with Crippen molar-refractivity contribution in [2.75, 3.05) is 0 Å². The maximum absolute atomic E-state index is 5.18. The van der Waals surface area contributed by atoms with E-state index in [4.69, 9.17) is 15.0 Å². The van der Waals surface area contributed by atoms with Crippen molar-refractivity contribution < 1.29 is 0 Å². The van der Waals surface area contributed by atoms with Gasteiger partial charge in [0.1, 0.15) is 0 Å². The third kappa shape index (κ3) is 5.07. The Kier molecular flexibility index (Phi) is 7.38. The van der Waals surface area contributed by atoms with E-state index >= 15 is 0 Å². The summed E-state index contributed by atoms with van der Waals surface area (Å²) >= 11 is 1.88. The molecule has 2 heterocycles. The number of fused-ring (bicyclic) bond motifs is 7. The quantitative estimate of drug-likeness (QED) is 0.177. The van der Waals surface area contributed by atoms with E-state index in [2.05, 4.69) is 172 Å². The van der Waals surface area contributed by atoms with Crippen LogP contribution < -0.4 is 0 Å². The monoisotopic (exact) mass is 733 g/mol. The van der Waals surface area contributed by atoms with E-state index < -0.39 is 0 Å². The Morgan fingerprint density at radius 1 is 0.393 bits per heavy atom. The molecule has 0 spiro atoms. The van der Waals surface area contributed by atoms with Crippen LogP contribution in [0.2, 0.25) is 0 Å². The molecule has 0 N–H and O–H groups in total. The van der Waals surface area contributed by atoms with E-state index in [-0.39, 0.29) is 5.41 Å². The Labute approximate surface area is 329 Å². The first-order chi connectivity index (χ1) is 27.5. The fraction of sp³-hybridized carbons (Fsp3) is 0.0577. The standard InChI is InChI=1S/C52H35N3S/c1-52(2)42-23-13-11-19-37(42)38-30-29-36(31-43(38)52)51-54-49(34-17-7-4-8-18-34)53-50(55-51)35-27-25-33(26-28-35)45-39-20-9-10-21-40(39)46(32-15-5-3-6-16-32)48-47(45)41-22-12-14-24-44(41)56-48/h3-31H,1-2H3. The lowest BCUT2D eigenvalue weighted by molar-refractivity contribution is 0.660. The van der Waals surface area contributed by atoms with E-state index in [0.29, 0.717) is 17.5 Å². The molecule has 56 heavy (non-hydrogen) atoms. The molecule has 264 valence electrons. The number of aromatic nitrogens is 3. The van der Waals surface area contributed by atoms with Crippen LogP contribution in [0.25, 0.3) is 98.5 Å². The molecule has 0 radical (unpaired) electrons. The molecule has 0 amide bonds. The van der Waals surface area contributed by atoms with Gasteiger partial charge in [-0.15, -0.1) is 11.3 Å². The third-order valence-electron chi connectivity index (χ3n) is 11.5. The Morgan fingerprint density at radius 3 is 1.59 bits per heavy atom. The minimum absolute atomic E-state index is 0.126. The number of hydrogen-bond donors (Lipinski definition) is 0. The van der Waals surface area contributed by atoms with Gasteiger partial charge < -0.3 is 0 Å². The van der Waals surface area contributed by atoms with Crippen LogP contribution in [-0.2, 0) is 5.41 Å². The number of thiophene rings is 1. The summed E-state index contributed by atoms with van der Waals surface area (Å²) < 4.78 is 2.60. The summed E-state index contributed by atoms with van der Waals surface area (Å²) in [5.74, 6) is 1.98. The molecule has 11 rings (SSSR count). The van der Waals surface area contributed by atoms with Gasteiger partial charge in [0, 0.05) is 47.8 Å². The average Bonchev–Trinajstić information content (AvgIpc) is 3.75. The van der Waals surface area contributed by atoms with E-state index in [1.807, 2.05) is 29.5 Å². The molecule has 8 aromatic carbocycles. The van der Waals surface area contributed by atoms with Gasteiger partial charge in [0.05, 0.1) is 0 Å². The highest BCUT2D eigenvalue weighted by Crippen LogP contribution is 2.51. The molecule has 0 unspecified atom stereocenters. The average molecular weight is 734 g/mol. The Hall–Kier alpha value is -6.75. The van der Waals surface area contributed by atoms with Crippen molar-refractivity contribution in [1.29, 1.82) is 0 Å². The Balaban J connectivity index is 1.08. The molecule has 3 nitrogen and oxygen atoms in total. The first-order valence-corrected chi connectivity index (χ1v) is 19.9. The maximum atomic E-state index is 5.18. The topological polar surface area (TPSA) is 38.7 Å². The minimum atomic E-state index is -0.126. The highest BCUT2D eigenvalue weighted by atomic mass is 32.1. The second-order valence-electron chi connectivity index (χ2n) is 15.1. The van der Waals surface area contributed by atoms with Gasteiger partial charge in [0.2, 0.25) is 0 Å². The van der Waals surface area contributed by atoms with Crippen molar-refractivity contribution in [3.63, 3.8) is 0 Å². The van der Waals surface area contributed by atoms with E-state index in [1.165, 1.54) is 69.9 Å². The van der Waals surface area contributed by atoms with E-state index in [1.54, 1.807) is 0 Å². The van der Waals surface area contributed by atoms with E-state index in [9.17, 15) is 0 Å². The molecular weight excluding hydrogens is 699 g/mol. The lowest BCUT2D eigenvalue weighted by Crippen LogP contribution is -2.15. The summed E-state index contributed by atoms with van der Waals surface area (Å²) in [6, 6.07) is 63.0. The van der Waals surface area contributed by atoms with Crippen LogP contribution in [0.1, 0.15) is 25.0 Å². The van der Waals surface area contributed by atoms with Gasteiger partial charge >= 0.3 is 0 Å². The maximum Gasteiger partial charge on any atom is 0.164 e. The molecule has 0 atom stereocenters. The molecular formula is C52H35N3S. The van der Waals surface area contributed by atoms with Crippen molar-refractivity contribution in [3.05, 3.63) is 187 Å². The summed E-state index contributed by atoms with van der Waals surface area (Å²) in [7, 11) is 0. The van der Waals surface area contributed by atoms with Gasteiger partial charge in [-0.1, -0.05) is 178 Å². The molecule has 0 aliphatic heterocycles. The van der Waals surface area contributed by atoms with Gasteiger partial charge in [-0.2, -0.15) is 0 Å². The minimum Gasteiger partial charge on any atom is -0.208 e. The van der Waals surface area contributed by atoms with Crippen molar-refractivity contribution in [2.45, 2.75) is 19.3 Å². The predicted molar refractivity (Wildman–Crippen MR) is 235 cm³/mol. The number of hydrogen-bond acceptors (Lipinski definition) is 4. The normalized spacial score (nSPS) is 13.0. The summed E-state index contributed by atoms with van der Waals surface area (Å²) in [5, 5.41) is 5.08. The van der Waals surface area contributed by atoms with Crippen molar-refractivity contribution in [2.24, 2.45) is 0 Å². The van der Waals surface area contributed by atoms with Crippen LogP contribution in [0.15, 0.2) is 176 Å². The summed E-state index contributed by atoms with van der Waals surface area (Å²) in [5.41, 5.74) is 12.9. The predicted octanol–water partition coefficient (Wildman–Crippen LogP) is 14.0. The molecule has 0 saturated heterocycles. The van der Waals surface area contributed by atoms with Crippen molar-refractivity contribution >= 4 is 42.3 Å². The number of nitrogens with zero attached hydrogens (tertiary/aromatic N) is 3. The summed E-state index contributed by atoms with van der Waals surface area (Å²) in [6.45, 7) is 4.62. The molecule has 4 heteroatoms. The molecule has 1 aliphatic rings. The molecule has 1 aliphatic carbocycles. The van der Waals surface area contributed by atoms with Crippen molar-refractivity contribution in [1.82, 2.24) is 15.0 Å². The molecule has 10 aromatic rings. The Morgan fingerprint density at radius 2 is 0.875 bits per heavy atom. The summed E-state index contributed by atoms with van der Waals surface area (Å²) in [4.78, 5) is 15.4. The van der Waals surface area contributed by atoms with Gasteiger partial charge in [-0.25, -0.2) is 15.0 Å². The van der Waals surface area contributed by atoms with Gasteiger partial charge in [0.25, 0.3) is 0 Å². The largest absolute Gasteiger partial charge is 0.208 e. The SMILES string of the molecule is CC1(C)c2ccccc2-c2ccc(-c3nc(-c4ccccc4)nc(-c4ccc(-c5c6ccccc6c(-c6ccccc6)c6sc7ccccc7c56)cc4)n3)cc21. The lowest BCUT2D eigenvalue weighted by Gasteiger charge is -2.21. The van der Waals surface area contributed by atoms with Crippen LogP contribution in [0.3, 0.4) is 0 Å². The highest BCUT2D eigenvalue weighted by molar-refractivity contribution is 7.26. The zero-order valence-electron chi connectivity index (χ0n) is 31.0. The zero-order chi connectivity index (χ0) is 37.4. The second-order valence-corrected chi connectivity index (χ2v) is 16.2. The number of benzene rings is 8. The molecule has 0 fully saturated rings. The van der Waals surface area contributed by atoms with Crippen LogP contribution in [0.4, 0.5) is 0 Å². The van der Waals surface area contributed by atoms with E-state index in [0.717, 1.165) is 22.3 Å². The van der Waals surface area contributed by atoms with Crippen molar-refractivity contribution in [3.8, 4) is 67.5 Å². The fourth-order valence-electron chi connectivity index (χ4n) is 8.82. The first kappa shape index (κ1) is 32.7. The smallest absolute Gasteiger partial charge is 0.164 e. The van der Waals surface area contributed by atoms with Crippen LogP contribution >= 0.6 is 11.3 Å². The van der Waals surface area contributed by atoms with Gasteiger partial charge in [0.15, 0.2) is 17.5 Å². The Bertz CT molecular complexity index is 3140. The molecule has 0 saturated carbocycles. The molecule has 0 bridgehead atoms. The lowest BCUT2D eigenvalue weighted by atomic mass is 9.82. The summed E-state index contributed by atoms with van der Waals surface area (Å²) in [6.07, 6.45) is 0. The zero-order valence-corrected chi connectivity index (χ0v) is 31.8. The highest BCUT2D eigenvalue weighted by Gasteiger charge is 2.35. The van der Waals surface area contributed by atoms with Gasteiger partial charge in [-0.05, 0) is 61.8 Å².